The van der Waals surface area contributed by atoms with Gasteiger partial charge in [-0.1, -0.05) is 0 Å². The van der Waals surface area contributed by atoms with E-state index in [1.165, 1.54) is 12.3 Å². The molecule has 1 aromatic heterocycles. The molecule has 0 spiro atoms. The molecule has 18 heavy (non-hydrogen) atoms. The number of benzene rings is 1. The zero-order chi connectivity index (χ0) is 13.1. The van der Waals surface area contributed by atoms with Gasteiger partial charge in [-0.15, -0.1) is 0 Å². The molecule has 0 aliphatic carbocycles. The van der Waals surface area contributed by atoms with Crippen molar-refractivity contribution in [3.8, 4) is 11.5 Å². The smallest absolute Gasteiger partial charge is 0.314 e. The number of nitro groups is 1. The van der Waals surface area contributed by atoms with E-state index in [1.54, 1.807) is 12.3 Å². The summed E-state index contributed by atoms with van der Waals surface area (Å²) in [4.78, 5) is 13.9. The fraction of sp³-hybridized carbons (Fsp3) is 0. The Labute approximate surface area is 110 Å². The number of rotatable bonds is 3. The van der Waals surface area contributed by atoms with Gasteiger partial charge in [0.05, 0.1) is 17.2 Å². The molecule has 0 N–H and O–H groups in total. The summed E-state index contributed by atoms with van der Waals surface area (Å²) in [6.45, 7) is 0. The predicted molar refractivity (Wildman–Crippen MR) is 65.1 cm³/mol. The van der Waals surface area contributed by atoms with Gasteiger partial charge in [-0.05, 0) is 34.1 Å². The summed E-state index contributed by atoms with van der Waals surface area (Å²) >= 11 is 3.20. The number of pyridine rings is 1. The minimum Gasteiger partial charge on any atom is -0.448 e. The van der Waals surface area contributed by atoms with E-state index >= 15 is 0 Å². The molecule has 0 saturated heterocycles. The van der Waals surface area contributed by atoms with Crippen molar-refractivity contribution in [2.75, 3.05) is 0 Å². The van der Waals surface area contributed by atoms with Crippen LogP contribution in [0.3, 0.4) is 0 Å². The highest BCUT2D eigenvalue weighted by molar-refractivity contribution is 9.10. The lowest BCUT2D eigenvalue weighted by atomic mass is 10.3. The van der Waals surface area contributed by atoms with Crippen molar-refractivity contribution in [3.05, 3.63) is 57.1 Å². The maximum Gasteiger partial charge on any atom is 0.314 e. The Balaban J connectivity index is 2.37. The van der Waals surface area contributed by atoms with Gasteiger partial charge in [0, 0.05) is 10.7 Å². The van der Waals surface area contributed by atoms with E-state index in [0.717, 1.165) is 12.1 Å². The number of halogens is 2. The van der Waals surface area contributed by atoms with Crippen molar-refractivity contribution in [2.24, 2.45) is 0 Å². The number of aromatic nitrogens is 1. The lowest BCUT2D eigenvalue weighted by Gasteiger charge is -2.05. The molecule has 0 aliphatic rings. The maximum absolute atomic E-state index is 12.9. The van der Waals surface area contributed by atoms with Crippen molar-refractivity contribution in [2.45, 2.75) is 0 Å². The van der Waals surface area contributed by atoms with Crippen molar-refractivity contribution in [1.29, 1.82) is 0 Å². The van der Waals surface area contributed by atoms with Gasteiger partial charge in [0.1, 0.15) is 11.6 Å². The number of hydrogen-bond donors (Lipinski definition) is 0. The molecule has 0 aliphatic heterocycles. The highest BCUT2D eigenvalue weighted by Crippen LogP contribution is 2.32. The largest absolute Gasteiger partial charge is 0.448 e. The fourth-order valence-electron chi connectivity index (χ4n) is 1.29. The number of nitrogens with zero attached hydrogens (tertiary/aromatic N) is 2. The van der Waals surface area contributed by atoms with E-state index in [1.807, 2.05) is 0 Å². The summed E-state index contributed by atoms with van der Waals surface area (Å²) in [6, 6.07) is 4.70. The van der Waals surface area contributed by atoms with Crippen LogP contribution in [-0.4, -0.2) is 9.91 Å². The quantitative estimate of drug-likeness (QED) is 0.640. The van der Waals surface area contributed by atoms with E-state index in [-0.39, 0.29) is 5.75 Å². The van der Waals surface area contributed by atoms with Gasteiger partial charge in [-0.3, -0.25) is 15.1 Å². The average molecular weight is 313 g/mol. The van der Waals surface area contributed by atoms with Crippen LogP contribution < -0.4 is 4.74 Å². The van der Waals surface area contributed by atoms with Gasteiger partial charge in [0.15, 0.2) is 0 Å². The van der Waals surface area contributed by atoms with Crippen LogP contribution >= 0.6 is 15.9 Å². The second-order valence-corrected chi connectivity index (χ2v) is 4.23. The molecule has 5 nitrogen and oxygen atoms in total. The Hall–Kier alpha value is -2.02. The first-order valence-electron chi connectivity index (χ1n) is 4.78. The van der Waals surface area contributed by atoms with Crippen molar-refractivity contribution >= 4 is 21.6 Å². The van der Waals surface area contributed by atoms with Gasteiger partial charge in [0.25, 0.3) is 0 Å². The standard InChI is InChI=1S/C11H6BrFN2O3/c12-7-3-9(6-14-5-7)18-11-2-1-8(13)4-10(11)15(16)17/h1-6H. The molecule has 1 heterocycles. The van der Waals surface area contributed by atoms with Crippen molar-refractivity contribution < 1.29 is 14.1 Å². The first kappa shape index (κ1) is 12.4. The zero-order valence-electron chi connectivity index (χ0n) is 8.84. The fourth-order valence-corrected chi connectivity index (χ4v) is 1.64. The molecule has 1 aromatic carbocycles. The summed E-state index contributed by atoms with van der Waals surface area (Å²) < 4.78 is 18.9. The van der Waals surface area contributed by atoms with Crippen LogP contribution in [0.5, 0.6) is 11.5 Å². The Bertz CT molecular complexity index is 607. The van der Waals surface area contributed by atoms with Crippen LogP contribution in [0.4, 0.5) is 10.1 Å². The summed E-state index contributed by atoms with van der Waals surface area (Å²) in [7, 11) is 0. The van der Waals surface area contributed by atoms with E-state index in [2.05, 4.69) is 20.9 Å². The highest BCUT2D eigenvalue weighted by Gasteiger charge is 2.17. The molecule has 0 fully saturated rings. The van der Waals surface area contributed by atoms with Crippen LogP contribution in [-0.2, 0) is 0 Å². The van der Waals surface area contributed by atoms with Crippen LogP contribution in [0, 0.1) is 15.9 Å². The molecule has 0 atom stereocenters. The van der Waals surface area contributed by atoms with Crippen LogP contribution in [0.1, 0.15) is 0 Å². The average Bonchev–Trinajstić information content (AvgIpc) is 2.31. The predicted octanol–water partition coefficient (Wildman–Crippen LogP) is 3.68. The number of ether oxygens (including phenoxy) is 1. The second kappa shape index (κ2) is 5.09. The minimum atomic E-state index is -0.705. The molecule has 92 valence electrons. The van der Waals surface area contributed by atoms with Crippen molar-refractivity contribution in [1.82, 2.24) is 4.98 Å². The third-order valence-corrected chi connectivity index (χ3v) is 2.46. The molecular weight excluding hydrogens is 307 g/mol. The summed E-state index contributed by atoms with van der Waals surface area (Å²) in [5.74, 6) is -0.415. The SMILES string of the molecule is O=[N+]([O-])c1cc(F)ccc1Oc1cncc(Br)c1. The number of hydrogen-bond acceptors (Lipinski definition) is 4. The van der Waals surface area contributed by atoms with Crippen LogP contribution in [0.15, 0.2) is 41.1 Å². The molecule has 0 unspecified atom stereocenters. The Morgan fingerprint density at radius 3 is 2.78 bits per heavy atom. The van der Waals surface area contributed by atoms with Gasteiger partial charge in [-0.25, -0.2) is 4.39 Å². The first-order chi connectivity index (χ1) is 8.56. The van der Waals surface area contributed by atoms with Gasteiger partial charge in [-0.2, -0.15) is 0 Å². The summed E-state index contributed by atoms with van der Waals surface area (Å²) in [6.07, 6.45) is 2.95. The molecule has 0 radical (unpaired) electrons. The molecular formula is C11H6BrFN2O3. The topological polar surface area (TPSA) is 65.3 Å². The summed E-state index contributed by atoms with van der Waals surface area (Å²) in [5, 5.41) is 10.8. The zero-order valence-corrected chi connectivity index (χ0v) is 10.4. The third-order valence-electron chi connectivity index (χ3n) is 2.03. The molecule has 7 heteroatoms. The third kappa shape index (κ3) is 2.80. The lowest BCUT2D eigenvalue weighted by molar-refractivity contribution is -0.385. The number of nitro benzene ring substituents is 1. The molecule has 2 rings (SSSR count). The Kier molecular flexibility index (Phi) is 3.52. The van der Waals surface area contributed by atoms with Crippen molar-refractivity contribution in [3.63, 3.8) is 0 Å². The van der Waals surface area contributed by atoms with Crippen LogP contribution in [0.25, 0.3) is 0 Å². The Morgan fingerprint density at radius 2 is 2.11 bits per heavy atom. The highest BCUT2D eigenvalue weighted by atomic mass is 79.9. The normalized spacial score (nSPS) is 10.1. The minimum absolute atomic E-state index is 0.0405. The molecule has 0 bridgehead atoms. The van der Waals surface area contributed by atoms with Gasteiger partial charge < -0.3 is 4.74 Å². The van der Waals surface area contributed by atoms with E-state index < -0.39 is 16.4 Å². The molecule has 2 aromatic rings. The monoisotopic (exact) mass is 312 g/mol. The second-order valence-electron chi connectivity index (χ2n) is 3.31. The molecule has 0 amide bonds. The van der Waals surface area contributed by atoms with Crippen LogP contribution in [0.2, 0.25) is 0 Å². The maximum atomic E-state index is 12.9. The van der Waals surface area contributed by atoms with E-state index in [4.69, 9.17) is 4.74 Å². The summed E-state index contributed by atoms with van der Waals surface area (Å²) in [5.41, 5.74) is -0.435. The lowest BCUT2D eigenvalue weighted by Crippen LogP contribution is -1.94. The first-order valence-corrected chi connectivity index (χ1v) is 5.58. The Morgan fingerprint density at radius 1 is 1.33 bits per heavy atom. The molecule has 0 saturated carbocycles. The van der Waals surface area contributed by atoms with Gasteiger partial charge in [0.2, 0.25) is 5.75 Å². The van der Waals surface area contributed by atoms with E-state index in [9.17, 15) is 14.5 Å². The van der Waals surface area contributed by atoms with E-state index in [0.29, 0.717) is 10.2 Å². The van der Waals surface area contributed by atoms with Gasteiger partial charge >= 0.3 is 5.69 Å².